The Balaban J connectivity index is 4.23. The molecule has 0 unspecified atom stereocenters. The molecule has 0 radical (unpaired) electrons. The molecule has 0 bridgehead atoms. The van der Waals surface area contributed by atoms with Gasteiger partial charge < -0.3 is 14.2 Å². The molecule has 0 amide bonds. The van der Waals surface area contributed by atoms with Crippen LogP contribution in [0.2, 0.25) is 0 Å². The maximum Gasteiger partial charge on any atom is 0.306 e. The standard InChI is InChI=1S/C53H102O6/c1-5-7-9-11-13-15-17-18-19-20-21-22-23-24-29-32-36-40-44-51(54)57-47-50(59-53(56)46-42-38-34-28-16-14-12-10-8-6-2)48-58-52(55)45-41-37-33-30-26-25-27-31-35-39-43-49(3)4/h49-50H,5-48H2,1-4H3/t50-/m1/s1. The normalized spacial score (nSPS) is 11.9. The summed E-state index contributed by atoms with van der Waals surface area (Å²) in [7, 11) is 0. The summed E-state index contributed by atoms with van der Waals surface area (Å²) < 4.78 is 16.8. The van der Waals surface area contributed by atoms with Crippen molar-refractivity contribution in [1.82, 2.24) is 0 Å². The van der Waals surface area contributed by atoms with Crippen LogP contribution < -0.4 is 0 Å². The first-order chi connectivity index (χ1) is 28.9. The lowest BCUT2D eigenvalue weighted by molar-refractivity contribution is -0.167. The van der Waals surface area contributed by atoms with Gasteiger partial charge in [-0.1, -0.05) is 259 Å². The Morgan fingerprint density at radius 2 is 0.559 bits per heavy atom. The number of hydrogen-bond donors (Lipinski definition) is 0. The van der Waals surface area contributed by atoms with Gasteiger partial charge in [0.2, 0.25) is 0 Å². The van der Waals surface area contributed by atoms with E-state index < -0.39 is 6.10 Å². The predicted molar refractivity (Wildman–Crippen MR) is 252 cm³/mol. The van der Waals surface area contributed by atoms with E-state index in [1.807, 2.05) is 0 Å². The number of unbranched alkanes of at least 4 members (excludes halogenated alkanes) is 35. The Morgan fingerprint density at radius 1 is 0.322 bits per heavy atom. The number of ether oxygens (including phenoxy) is 3. The Bertz CT molecular complexity index is 887. The Morgan fingerprint density at radius 3 is 0.831 bits per heavy atom. The summed E-state index contributed by atoms with van der Waals surface area (Å²) in [5, 5.41) is 0. The second-order valence-corrected chi connectivity index (χ2v) is 18.6. The van der Waals surface area contributed by atoms with E-state index in [1.54, 1.807) is 0 Å². The molecule has 0 heterocycles. The molecule has 59 heavy (non-hydrogen) atoms. The Kier molecular flexibility index (Phi) is 46.2. The third-order valence-corrected chi connectivity index (χ3v) is 12.0. The first-order valence-corrected chi connectivity index (χ1v) is 26.4. The molecule has 0 rings (SSSR count). The first kappa shape index (κ1) is 57.4. The van der Waals surface area contributed by atoms with Crippen LogP contribution in [-0.2, 0) is 28.6 Å². The Hall–Kier alpha value is -1.59. The maximum absolute atomic E-state index is 12.7. The largest absolute Gasteiger partial charge is 0.462 e. The zero-order chi connectivity index (χ0) is 43.1. The van der Waals surface area contributed by atoms with Crippen LogP contribution in [0.1, 0.15) is 297 Å². The van der Waals surface area contributed by atoms with Crippen molar-refractivity contribution in [3.63, 3.8) is 0 Å². The highest BCUT2D eigenvalue weighted by molar-refractivity contribution is 5.71. The highest BCUT2D eigenvalue weighted by atomic mass is 16.6. The van der Waals surface area contributed by atoms with Crippen molar-refractivity contribution in [2.24, 2.45) is 5.92 Å². The summed E-state index contributed by atoms with van der Waals surface area (Å²) >= 11 is 0. The highest BCUT2D eigenvalue weighted by Crippen LogP contribution is 2.17. The fraction of sp³-hybridized carbons (Fsp3) is 0.943. The van der Waals surface area contributed by atoms with Gasteiger partial charge in [-0.3, -0.25) is 14.4 Å². The van der Waals surface area contributed by atoms with E-state index in [0.717, 1.165) is 63.7 Å². The second-order valence-electron chi connectivity index (χ2n) is 18.6. The van der Waals surface area contributed by atoms with Crippen molar-refractivity contribution < 1.29 is 28.6 Å². The molecular weight excluding hydrogens is 733 g/mol. The molecule has 0 aromatic heterocycles. The van der Waals surface area contributed by atoms with E-state index in [0.29, 0.717) is 19.3 Å². The lowest BCUT2D eigenvalue weighted by Gasteiger charge is -2.18. The van der Waals surface area contributed by atoms with Crippen LogP contribution >= 0.6 is 0 Å². The van der Waals surface area contributed by atoms with Gasteiger partial charge in [0, 0.05) is 19.3 Å². The molecule has 0 N–H and O–H groups in total. The third kappa shape index (κ3) is 47.3. The van der Waals surface area contributed by atoms with Crippen LogP contribution in [0.3, 0.4) is 0 Å². The van der Waals surface area contributed by atoms with Gasteiger partial charge >= 0.3 is 17.9 Å². The number of hydrogen-bond acceptors (Lipinski definition) is 6. The quantitative estimate of drug-likeness (QED) is 0.0345. The SMILES string of the molecule is CCCCCCCCCCCCCCCCCCCCC(=O)OC[C@H](COC(=O)CCCCCCCCCCCCC(C)C)OC(=O)CCCCCCCCCCCC. The van der Waals surface area contributed by atoms with Gasteiger partial charge in [0.15, 0.2) is 6.10 Å². The van der Waals surface area contributed by atoms with Gasteiger partial charge in [-0.05, 0) is 25.2 Å². The molecule has 0 saturated heterocycles. The smallest absolute Gasteiger partial charge is 0.306 e. The van der Waals surface area contributed by atoms with Crippen molar-refractivity contribution in [3.8, 4) is 0 Å². The molecule has 0 aliphatic heterocycles. The molecule has 0 aliphatic rings. The minimum atomic E-state index is -0.760. The van der Waals surface area contributed by atoms with Crippen LogP contribution in [0.4, 0.5) is 0 Å². The molecule has 0 saturated carbocycles. The average molecular weight is 835 g/mol. The summed E-state index contributed by atoms with van der Waals surface area (Å²) in [6.07, 6.45) is 49.5. The molecule has 0 aliphatic carbocycles. The van der Waals surface area contributed by atoms with Crippen LogP contribution in [0.5, 0.6) is 0 Å². The van der Waals surface area contributed by atoms with E-state index in [4.69, 9.17) is 14.2 Å². The van der Waals surface area contributed by atoms with E-state index in [9.17, 15) is 14.4 Å². The summed E-state index contributed by atoms with van der Waals surface area (Å²) in [5.41, 5.74) is 0. The number of esters is 3. The predicted octanol–water partition coefficient (Wildman–Crippen LogP) is 17.1. The minimum Gasteiger partial charge on any atom is -0.462 e. The first-order valence-electron chi connectivity index (χ1n) is 26.4. The zero-order valence-electron chi connectivity index (χ0n) is 40.2. The van der Waals surface area contributed by atoms with Crippen molar-refractivity contribution in [3.05, 3.63) is 0 Å². The molecule has 1 atom stereocenters. The highest BCUT2D eigenvalue weighted by Gasteiger charge is 2.19. The van der Waals surface area contributed by atoms with Gasteiger partial charge in [0.1, 0.15) is 13.2 Å². The summed E-state index contributed by atoms with van der Waals surface area (Å²) in [5.74, 6) is -0.0271. The molecule has 0 aromatic rings. The molecule has 0 fully saturated rings. The molecule has 0 aromatic carbocycles. The van der Waals surface area contributed by atoms with E-state index in [1.165, 1.54) is 193 Å². The fourth-order valence-corrected chi connectivity index (χ4v) is 8.04. The van der Waals surface area contributed by atoms with Crippen LogP contribution in [0, 0.1) is 5.92 Å². The van der Waals surface area contributed by atoms with E-state index >= 15 is 0 Å². The van der Waals surface area contributed by atoms with Crippen LogP contribution in [0.25, 0.3) is 0 Å². The van der Waals surface area contributed by atoms with Crippen molar-refractivity contribution in [1.29, 1.82) is 0 Å². The van der Waals surface area contributed by atoms with Crippen molar-refractivity contribution >= 4 is 17.9 Å². The second kappa shape index (κ2) is 47.5. The van der Waals surface area contributed by atoms with E-state index in [-0.39, 0.29) is 31.1 Å². The van der Waals surface area contributed by atoms with Crippen molar-refractivity contribution in [2.75, 3.05) is 13.2 Å². The maximum atomic E-state index is 12.7. The molecule has 350 valence electrons. The van der Waals surface area contributed by atoms with Gasteiger partial charge in [0.25, 0.3) is 0 Å². The van der Waals surface area contributed by atoms with Crippen molar-refractivity contribution in [2.45, 2.75) is 303 Å². The summed E-state index contributed by atoms with van der Waals surface area (Å²) in [6, 6.07) is 0. The Labute approximate surface area is 368 Å². The molecule has 0 spiro atoms. The third-order valence-electron chi connectivity index (χ3n) is 12.0. The number of carbonyl (C=O) groups is 3. The molecule has 6 nitrogen and oxygen atoms in total. The molecular formula is C53H102O6. The van der Waals surface area contributed by atoms with Gasteiger partial charge in [-0.15, -0.1) is 0 Å². The zero-order valence-corrected chi connectivity index (χ0v) is 40.2. The lowest BCUT2D eigenvalue weighted by atomic mass is 10.0. The van der Waals surface area contributed by atoms with Gasteiger partial charge in [-0.25, -0.2) is 0 Å². The van der Waals surface area contributed by atoms with Gasteiger partial charge in [0.05, 0.1) is 0 Å². The number of rotatable bonds is 48. The van der Waals surface area contributed by atoms with Crippen LogP contribution in [-0.4, -0.2) is 37.2 Å². The van der Waals surface area contributed by atoms with E-state index in [2.05, 4.69) is 27.7 Å². The fourth-order valence-electron chi connectivity index (χ4n) is 8.04. The molecule has 6 heteroatoms. The van der Waals surface area contributed by atoms with Crippen LogP contribution in [0.15, 0.2) is 0 Å². The topological polar surface area (TPSA) is 78.9 Å². The summed E-state index contributed by atoms with van der Waals surface area (Å²) in [4.78, 5) is 37.9. The lowest BCUT2D eigenvalue weighted by Crippen LogP contribution is -2.30. The number of carbonyl (C=O) groups excluding carboxylic acids is 3. The summed E-state index contributed by atoms with van der Waals surface area (Å²) in [6.45, 7) is 9.01. The van der Waals surface area contributed by atoms with Gasteiger partial charge in [-0.2, -0.15) is 0 Å². The monoisotopic (exact) mass is 835 g/mol. The minimum absolute atomic E-state index is 0.0628. The average Bonchev–Trinajstić information content (AvgIpc) is 3.22.